The highest BCUT2D eigenvalue weighted by Gasteiger charge is 2.33. The van der Waals surface area contributed by atoms with Gasteiger partial charge in [0.25, 0.3) is 0 Å². The zero-order valence-corrected chi connectivity index (χ0v) is 24.0. The molecule has 2 atom stereocenters. The van der Waals surface area contributed by atoms with E-state index in [1.54, 1.807) is 12.1 Å². The van der Waals surface area contributed by atoms with E-state index >= 15 is 0 Å². The Labute approximate surface area is 232 Å². The van der Waals surface area contributed by atoms with Gasteiger partial charge in [-0.15, -0.1) is 0 Å². The van der Waals surface area contributed by atoms with Crippen molar-refractivity contribution in [3.8, 4) is 0 Å². The van der Waals surface area contributed by atoms with Crippen molar-refractivity contribution in [2.24, 2.45) is 0 Å². The van der Waals surface area contributed by atoms with Crippen molar-refractivity contribution < 1.29 is 18.0 Å². The summed E-state index contributed by atoms with van der Waals surface area (Å²) in [7, 11) is -3.79. The van der Waals surface area contributed by atoms with E-state index < -0.39 is 28.5 Å². The van der Waals surface area contributed by atoms with Crippen LogP contribution in [0.25, 0.3) is 0 Å². The predicted octanol–water partition coefficient (Wildman–Crippen LogP) is 4.57. The third-order valence-corrected chi connectivity index (χ3v) is 7.91. The smallest absolute Gasteiger partial charge is 0.244 e. The lowest BCUT2D eigenvalue weighted by Crippen LogP contribution is -2.54. The number of carbonyl (C=O) groups excluding carboxylic acids is 2. The summed E-state index contributed by atoms with van der Waals surface area (Å²) < 4.78 is 27.1. The van der Waals surface area contributed by atoms with Gasteiger partial charge in [-0.05, 0) is 42.5 Å². The van der Waals surface area contributed by atoms with Crippen molar-refractivity contribution in [1.82, 2.24) is 10.2 Å². The minimum absolute atomic E-state index is 0.0756. The van der Waals surface area contributed by atoms with Gasteiger partial charge in [-0.3, -0.25) is 13.9 Å². The summed E-state index contributed by atoms with van der Waals surface area (Å²) in [5.41, 5.74) is 3.05. The van der Waals surface area contributed by atoms with Gasteiger partial charge < -0.3 is 10.2 Å². The number of nitrogens with one attached hydrogen (secondary N) is 1. The number of hydrogen-bond acceptors (Lipinski definition) is 4. The Kier molecular flexibility index (Phi) is 10.7. The van der Waals surface area contributed by atoms with Gasteiger partial charge in [-0.2, -0.15) is 0 Å². The average Bonchev–Trinajstić information content (AvgIpc) is 2.93. The summed E-state index contributed by atoms with van der Waals surface area (Å²) in [5.74, 6) is -0.715. The molecule has 3 aromatic carbocycles. The monoisotopic (exact) mass is 549 g/mol. The minimum atomic E-state index is -3.79. The van der Waals surface area contributed by atoms with E-state index in [1.165, 1.54) is 4.90 Å². The van der Waals surface area contributed by atoms with E-state index in [-0.39, 0.29) is 18.5 Å². The lowest BCUT2D eigenvalue weighted by molar-refractivity contribution is -0.140. The molecular weight excluding hydrogens is 510 g/mol. The Morgan fingerprint density at radius 2 is 1.41 bits per heavy atom. The van der Waals surface area contributed by atoms with Crippen molar-refractivity contribution >= 4 is 27.5 Å². The van der Waals surface area contributed by atoms with Crippen LogP contribution < -0.4 is 9.62 Å². The molecule has 2 amide bonds. The van der Waals surface area contributed by atoms with Crippen molar-refractivity contribution in [2.75, 3.05) is 17.1 Å². The second kappa shape index (κ2) is 13.9. The number of rotatable bonds is 13. The predicted molar refractivity (Wildman–Crippen MR) is 157 cm³/mol. The van der Waals surface area contributed by atoms with Gasteiger partial charge in [-0.25, -0.2) is 8.42 Å². The van der Waals surface area contributed by atoms with E-state index in [9.17, 15) is 18.0 Å². The number of carbonyl (C=O) groups is 2. The maximum absolute atomic E-state index is 14.1. The number of benzene rings is 3. The quantitative estimate of drug-likeness (QED) is 0.338. The molecule has 0 aromatic heterocycles. The summed E-state index contributed by atoms with van der Waals surface area (Å²) in [6, 6.07) is 25.3. The van der Waals surface area contributed by atoms with Crippen molar-refractivity contribution in [2.45, 2.75) is 58.7 Å². The van der Waals surface area contributed by atoms with Crippen LogP contribution in [0.4, 0.5) is 5.69 Å². The molecule has 0 aliphatic rings. The first-order valence-corrected chi connectivity index (χ1v) is 15.2. The number of nitrogens with zero attached hydrogens (tertiary/aromatic N) is 2. The molecule has 0 radical (unpaired) electrons. The molecule has 0 spiro atoms. The van der Waals surface area contributed by atoms with Gasteiger partial charge >= 0.3 is 0 Å². The number of anilines is 1. The highest BCUT2D eigenvalue weighted by Crippen LogP contribution is 2.24. The molecule has 8 heteroatoms. The van der Waals surface area contributed by atoms with Gasteiger partial charge in [0.2, 0.25) is 21.8 Å². The Morgan fingerprint density at radius 3 is 1.97 bits per heavy atom. The molecule has 208 valence electrons. The highest BCUT2D eigenvalue weighted by atomic mass is 32.2. The second-order valence-electron chi connectivity index (χ2n) is 9.78. The third-order valence-electron chi connectivity index (χ3n) is 6.79. The van der Waals surface area contributed by atoms with Crippen LogP contribution in [0, 0.1) is 0 Å². The fourth-order valence-electron chi connectivity index (χ4n) is 4.42. The van der Waals surface area contributed by atoms with Gasteiger partial charge in [-0.1, -0.05) is 92.7 Å². The average molecular weight is 550 g/mol. The summed E-state index contributed by atoms with van der Waals surface area (Å²) >= 11 is 0. The van der Waals surface area contributed by atoms with Crippen molar-refractivity contribution in [1.29, 1.82) is 0 Å². The molecule has 0 saturated carbocycles. The molecule has 3 rings (SSSR count). The second-order valence-corrected chi connectivity index (χ2v) is 11.7. The summed E-state index contributed by atoms with van der Waals surface area (Å²) in [6.07, 6.45) is 2.75. The molecule has 7 nitrogen and oxygen atoms in total. The lowest BCUT2D eigenvalue weighted by Gasteiger charge is -2.34. The summed E-state index contributed by atoms with van der Waals surface area (Å²) in [4.78, 5) is 29.3. The Bertz CT molecular complexity index is 1330. The number of hydrogen-bond donors (Lipinski definition) is 1. The Morgan fingerprint density at radius 1 is 0.846 bits per heavy atom. The molecule has 0 heterocycles. The zero-order valence-electron chi connectivity index (χ0n) is 23.2. The van der Waals surface area contributed by atoms with Gasteiger partial charge in [0, 0.05) is 19.0 Å². The van der Waals surface area contributed by atoms with Gasteiger partial charge in [0.15, 0.2) is 0 Å². The molecule has 0 aliphatic heterocycles. The molecule has 0 fully saturated rings. The van der Waals surface area contributed by atoms with Crippen LogP contribution in [-0.4, -0.2) is 50.0 Å². The van der Waals surface area contributed by atoms with Crippen molar-refractivity contribution in [3.05, 3.63) is 102 Å². The van der Waals surface area contributed by atoms with E-state index in [1.807, 2.05) is 93.6 Å². The molecule has 0 aliphatic carbocycles. The van der Waals surface area contributed by atoms with Crippen LogP contribution in [0.2, 0.25) is 0 Å². The SMILES string of the molecule is CCc1ccccc1N(CC(=O)N(Cc1ccccc1)[C@@H](Cc1ccccc1)C(=O)N[C@@H](C)CC)S(C)(=O)=O. The molecule has 39 heavy (non-hydrogen) atoms. The third kappa shape index (κ3) is 8.42. The topological polar surface area (TPSA) is 86.8 Å². The van der Waals surface area contributed by atoms with E-state index in [4.69, 9.17) is 0 Å². The fraction of sp³-hybridized carbons (Fsp3) is 0.355. The maximum Gasteiger partial charge on any atom is 0.244 e. The van der Waals surface area contributed by atoms with Gasteiger partial charge in [0.05, 0.1) is 11.9 Å². The molecule has 0 saturated heterocycles. The van der Waals surface area contributed by atoms with Gasteiger partial charge in [0.1, 0.15) is 12.6 Å². The standard InChI is InChI=1S/C31H39N3O4S/c1-5-24(3)32-31(36)29(21-25-15-9-7-10-16-25)33(22-26-17-11-8-12-18-26)30(35)23-34(39(4,37)38)28-20-14-13-19-27(28)6-2/h7-20,24,29H,5-6,21-23H2,1-4H3,(H,32,36)/t24-,29-/m0/s1. The lowest BCUT2D eigenvalue weighted by atomic mass is 10.0. The molecule has 0 bridgehead atoms. The van der Waals surface area contributed by atoms with Crippen LogP contribution in [0.15, 0.2) is 84.9 Å². The molecular formula is C31H39N3O4S. The highest BCUT2D eigenvalue weighted by molar-refractivity contribution is 7.92. The number of aryl methyl sites for hydroxylation is 1. The normalized spacial score (nSPS) is 12.8. The van der Waals surface area contributed by atoms with Crippen molar-refractivity contribution in [3.63, 3.8) is 0 Å². The van der Waals surface area contributed by atoms with Crippen LogP contribution >= 0.6 is 0 Å². The first-order valence-electron chi connectivity index (χ1n) is 13.4. The largest absolute Gasteiger partial charge is 0.352 e. The Balaban J connectivity index is 2.06. The Hall–Kier alpha value is -3.65. The van der Waals surface area contributed by atoms with Crippen LogP contribution in [0.3, 0.4) is 0 Å². The summed E-state index contributed by atoms with van der Waals surface area (Å²) in [6.45, 7) is 5.60. The summed E-state index contributed by atoms with van der Waals surface area (Å²) in [5, 5.41) is 3.04. The first-order chi connectivity index (χ1) is 18.6. The maximum atomic E-state index is 14.1. The van der Waals surface area contributed by atoms with Crippen LogP contribution in [0.5, 0.6) is 0 Å². The van der Waals surface area contributed by atoms with Crippen LogP contribution in [-0.2, 0) is 39.0 Å². The number of sulfonamides is 1. The molecule has 3 aromatic rings. The molecule has 1 N–H and O–H groups in total. The zero-order chi connectivity index (χ0) is 28.4. The fourth-order valence-corrected chi connectivity index (χ4v) is 5.30. The number of amides is 2. The van der Waals surface area contributed by atoms with E-state index in [0.717, 1.165) is 33.7 Å². The van der Waals surface area contributed by atoms with E-state index in [0.29, 0.717) is 18.5 Å². The van der Waals surface area contributed by atoms with Crippen LogP contribution in [0.1, 0.15) is 43.9 Å². The number of para-hydroxylation sites is 1. The van der Waals surface area contributed by atoms with E-state index in [2.05, 4.69) is 5.32 Å². The molecule has 0 unspecified atom stereocenters. The first kappa shape index (κ1) is 29.9. The minimum Gasteiger partial charge on any atom is -0.352 e.